The molecule has 0 amide bonds. The first kappa shape index (κ1) is 16.3. The Morgan fingerprint density at radius 1 is 1.29 bits per heavy atom. The van der Waals surface area contributed by atoms with Crippen molar-refractivity contribution in [2.24, 2.45) is 5.73 Å². The Labute approximate surface area is 128 Å². The molecular weight excluding hydrogens is 262 g/mol. The molecule has 0 aromatic heterocycles. The first-order chi connectivity index (χ1) is 10.2. The van der Waals surface area contributed by atoms with Crippen molar-refractivity contribution < 1.29 is 4.74 Å². The van der Waals surface area contributed by atoms with Gasteiger partial charge in [-0.3, -0.25) is 4.90 Å². The Balaban J connectivity index is 1.68. The lowest BCUT2D eigenvalue weighted by atomic mass is 10.2. The third-order valence-corrected chi connectivity index (χ3v) is 4.32. The van der Waals surface area contributed by atoms with E-state index in [0.29, 0.717) is 12.6 Å². The average Bonchev–Trinajstić information content (AvgIpc) is 2.52. The Kier molecular flexibility index (Phi) is 6.49. The lowest BCUT2D eigenvalue weighted by molar-refractivity contribution is 0.0842. The van der Waals surface area contributed by atoms with Crippen LogP contribution in [0, 0.1) is 0 Å². The van der Waals surface area contributed by atoms with Gasteiger partial charge < -0.3 is 15.4 Å². The van der Waals surface area contributed by atoms with Gasteiger partial charge in [0.15, 0.2) is 0 Å². The highest BCUT2D eigenvalue weighted by Crippen LogP contribution is 2.17. The lowest BCUT2D eigenvalue weighted by Crippen LogP contribution is -2.51. The second kappa shape index (κ2) is 8.37. The molecule has 0 saturated carbocycles. The third-order valence-electron chi connectivity index (χ3n) is 4.32. The van der Waals surface area contributed by atoms with Crippen LogP contribution in [0.15, 0.2) is 24.3 Å². The minimum Gasteiger partial charge on any atom is -0.493 e. The van der Waals surface area contributed by atoms with E-state index in [1.807, 2.05) is 24.3 Å². The van der Waals surface area contributed by atoms with E-state index in [0.717, 1.165) is 37.4 Å². The van der Waals surface area contributed by atoms with E-state index >= 15 is 0 Å². The van der Waals surface area contributed by atoms with Gasteiger partial charge in [0.1, 0.15) is 5.75 Å². The normalized spacial score (nSPS) is 20.6. The van der Waals surface area contributed by atoms with Crippen LogP contribution in [0.4, 0.5) is 0 Å². The number of benzene rings is 1. The van der Waals surface area contributed by atoms with Crippen LogP contribution in [0.25, 0.3) is 0 Å². The number of hydrogen-bond acceptors (Lipinski definition) is 4. The van der Waals surface area contributed by atoms with Crippen LogP contribution in [0.3, 0.4) is 0 Å². The average molecular weight is 291 g/mol. The fraction of sp³-hybridized carbons (Fsp3) is 0.647. The van der Waals surface area contributed by atoms with Crippen molar-refractivity contribution in [3.8, 4) is 5.75 Å². The Morgan fingerprint density at radius 2 is 2.10 bits per heavy atom. The van der Waals surface area contributed by atoms with Crippen LogP contribution < -0.4 is 10.5 Å². The molecule has 1 aromatic carbocycles. The summed E-state index contributed by atoms with van der Waals surface area (Å²) in [6, 6.07) is 8.71. The number of para-hydroxylation sites is 1. The Morgan fingerprint density at radius 3 is 2.81 bits per heavy atom. The van der Waals surface area contributed by atoms with Crippen LogP contribution in [0.1, 0.15) is 25.8 Å². The van der Waals surface area contributed by atoms with E-state index in [9.17, 15) is 0 Å². The first-order valence-corrected chi connectivity index (χ1v) is 8.11. The van der Waals surface area contributed by atoms with Crippen LogP contribution >= 0.6 is 0 Å². The van der Waals surface area contributed by atoms with E-state index in [1.54, 1.807) is 0 Å². The molecule has 1 aromatic rings. The van der Waals surface area contributed by atoms with Gasteiger partial charge in [0.2, 0.25) is 0 Å². The summed E-state index contributed by atoms with van der Waals surface area (Å²) >= 11 is 0. The van der Waals surface area contributed by atoms with Gasteiger partial charge in [-0.1, -0.05) is 25.1 Å². The molecule has 1 aliphatic heterocycles. The highest BCUT2D eigenvalue weighted by Gasteiger charge is 2.21. The van der Waals surface area contributed by atoms with Crippen molar-refractivity contribution in [1.82, 2.24) is 9.80 Å². The molecular formula is C17H29N3O. The van der Waals surface area contributed by atoms with Gasteiger partial charge in [-0.15, -0.1) is 0 Å². The second-order valence-corrected chi connectivity index (χ2v) is 5.79. The molecule has 1 aliphatic rings. The van der Waals surface area contributed by atoms with Gasteiger partial charge in [0.05, 0.1) is 6.61 Å². The highest BCUT2D eigenvalue weighted by molar-refractivity contribution is 5.32. The SMILES string of the molecule is CCN1CCN(CCCOc2ccccc2CN)CC1C. The summed E-state index contributed by atoms with van der Waals surface area (Å²) in [6.45, 7) is 11.7. The molecule has 0 aliphatic carbocycles. The van der Waals surface area contributed by atoms with Gasteiger partial charge in [0.25, 0.3) is 0 Å². The molecule has 1 unspecified atom stereocenters. The van der Waals surface area contributed by atoms with E-state index < -0.39 is 0 Å². The summed E-state index contributed by atoms with van der Waals surface area (Å²) in [7, 11) is 0. The summed E-state index contributed by atoms with van der Waals surface area (Å²) in [5.41, 5.74) is 6.81. The first-order valence-electron chi connectivity index (χ1n) is 8.11. The minimum atomic E-state index is 0.534. The Bertz CT molecular complexity index is 424. The molecule has 1 atom stereocenters. The van der Waals surface area contributed by atoms with Gasteiger partial charge in [-0.25, -0.2) is 0 Å². The van der Waals surface area contributed by atoms with Gasteiger partial charge in [-0.05, 0) is 26.0 Å². The quantitative estimate of drug-likeness (QED) is 0.780. The van der Waals surface area contributed by atoms with E-state index in [2.05, 4.69) is 23.6 Å². The van der Waals surface area contributed by atoms with Gasteiger partial charge >= 0.3 is 0 Å². The molecule has 0 radical (unpaired) electrons. The number of hydrogen-bond donors (Lipinski definition) is 1. The largest absolute Gasteiger partial charge is 0.493 e. The van der Waals surface area contributed by atoms with Crippen LogP contribution in [0.5, 0.6) is 5.75 Å². The molecule has 2 rings (SSSR count). The van der Waals surface area contributed by atoms with Crippen LogP contribution in [-0.4, -0.2) is 55.2 Å². The zero-order valence-corrected chi connectivity index (χ0v) is 13.4. The zero-order chi connectivity index (χ0) is 15.1. The summed E-state index contributed by atoms with van der Waals surface area (Å²) in [4.78, 5) is 5.10. The van der Waals surface area contributed by atoms with Gasteiger partial charge in [-0.2, -0.15) is 0 Å². The summed E-state index contributed by atoms with van der Waals surface area (Å²) < 4.78 is 5.87. The fourth-order valence-electron chi connectivity index (χ4n) is 3.03. The molecule has 2 N–H and O–H groups in total. The topological polar surface area (TPSA) is 41.7 Å². The van der Waals surface area contributed by atoms with Crippen molar-refractivity contribution in [2.75, 3.05) is 39.3 Å². The van der Waals surface area contributed by atoms with E-state index in [4.69, 9.17) is 10.5 Å². The van der Waals surface area contributed by atoms with Crippen molar-refractivity contribution in [3.63, 3.8) is 0 Å². The second-order valence-electron chi connectivity index (χ2n) is 5.79. The number of rotatable bonds is 7. The van der Waals surface area contributed by atoms with Crippen LogP contribution in [0.2, 0.25) is 0 Å². The summed E-state index contributed by atoms with van der Waals surface area (Å²) in [6.07, 6.45) is 1.07. The Hall–Kier alpha value is -1.10. The number of piperazine rings is 1. The number of nitrogens with zero attached hydrogens (tertiary/aromatic N) is 2. The maximum Gasteiger partial charge on any atom is 0.123 e. The van der Waals surface area contributed by atoms with Crippen molar-refractivity contribution in [3.05, 3.63) is 29.8 Å². The van der Waals surface area contributed by atoms with E-state index in [-0.39, 0.29) is 0 Å². The van der Waals surface area contributed by atoms with Crippen molar-refractivity contribution >= 4 is 0 Å². The standard InChI is InChI=1S/C17H29N3O/c1-3-20-11-10-19(14-15(20)2)9-6-12-21-17-8-5-4-7-16(17)13-18/h4-5,7-8,15H,3,6,9-14,18H2,1-2H3. The molecule has 4 nitrogen and oxygen atoms in total. The predicted octanol–water partition coefficient (Wildman–Crippen LogP) is 1.94. The molecule has 1 heterocycles. The molecule has 21 heavy (non-hydrogen) atoms. The number of nitrogens with two attached hydrogens (primary N) is 1. The number of likely N-dealkylation sites (N-methyl/N-ethyl adjacent to an activating group) is 1. The molecule has 1 saturated heterocycles. The molecule has 0 spiro atoms. The molecule has 0 bridgehead atoms. The maximum absolute atomic E-state index is 5.87. The van der Waals surface area contributed by atoms with Gasteiger partial charge in [0, 0.05) is 44.3 Å². The molecule has 4 heteroatoms. The number of ether oxygens (including phenoxy) is 1. The summed E-state index contributed by atoms with van der Waals surface area (Å²) in [5, 5.41) is 0. The predicted molar refractivity (Wildman–Crippen MR) is 87.6 cm³/mol. The van der Waals surface area contributed by atoms with Crippen LogP contribution in [-0.2, 0) is 6.54 Å². The monoisotopic (exact) mass is 291 g/mol. The highest BCUT2D eigenvalue weighted by atomic mass is 16.5. The lowest BCUT2D eigenvalue weighted by Gasteiger charge is -2.39. The zero-order valence-electron chi connectivity index (χ0n) is 13.4. The van der Waals surface area contributed by atoms with Crippen molar-refractivity contribution in [1.29, 1.82) is 0 Å². The molecule has 118 valence electrons. The maximum atomic E-state index is 5.87. The fourth-order valence-corrected chi connectivity index (χ4v) is 3.03. The minimum absolute atomic E-state index is 0.534. The third kappa shape index (κ3) is 4.70. The smallest absolute Gasteiger partial charge is 0.123 e. The van der Waals surface area contributed by atoms with E-state index in [1.165, 1.54) is 19.6 Å². The summed E-state index contributed by atoms with van der Waals surface area (Å²) in [5.74, 6) is 0.934. The molecule has 1 fully saturated rings. The van der Waals surface area contributed by atoms with Crippen molar-refractivity contribution in [2.45, 2.75) is 32.9 Å².